The maximum absolute atomic E-state index is 6.27. The molecule has 26 heavy (non-hydrogen) atoms. The molecule has 0 amide bonds. The number of aliphatic imine (C=N–C) groups is 2. The SMILES string of the molecule is BC(B)(B)O[C@H]1CC[C@]2(CC1)Cc1ccc(Br)cc1C21N=C(C)C(N)=N1. The van der Waals surface area contributed by atoms with Crippen LogP contribution in [0.5, 0.6) is 0 Å². The van der Waals surface area contributed by atoms with Gasteiger partial charge in [0, 0.05) is 15.5 Å². The zero-order chi connectivity index (χ0) is 18.7. The summed E-state index contributed by atoms with van der Waals surface area (Å²) in [6.07, 6.45) is 5.57. The second kappa shape index (κ2) is 6.00. The van der Waals surface area contributed by atoms with Crippen LogP contribution in [0.3, 0.4) is 0 Å². The van der Waals surface area contributed by atoms with Crippen molar-refractivity contribution in [2.75, 3.05) is 0 Å². The van der Waals surface area contributed by atoms with Crippen LogP contribution >= 0.6 is 15.9 Å². The van der Waals surface area contributed by atoms with Gasteiger partial charge in [0.25, 0.3) is 0 Å². The van der Waals surface area contributed by atoms with Crippen molar-refractivity contribution in [2.24, 2.45) is 21.1 Å². The predicted molar refractivity (Wildman–Crippen MR) is 118 cm³/mol. The topological polar surface area (TPSA) is 60.0 Å². The first-order chi connectivity index (χ1) is 12.1. The minimum Gasteiger partial charge on any atom is -0.398 e. The predicted octanol–water partition coefficient (Wildman–Crippen LogP) is 0.446. The fourth-order valence-electron chi connectivity index (χ4n) is 5.03. The number of fused-ring (bicyclic) bond motifs is 3. The summed E-state index contributed by atoms with van der Waals surface area (Å²) in [6, 6.07) is 6.54. The van der Waals surface area contributed by atoms with Gasteiger partial charge in [-0.1, -0.05) is 22.0 Å². The molecule has 134 valence electrons. The van der Waals surface area contributed by atoms with Crippen LogP contribution in [0.1, 0.15) is 43.7 Å². The van der Waals surface area contributed by atoms with E-state index in [0.717, 1.165) is 42.3 Å². The molecule has 1 aromatic rings. The Balaban J connectivity index is 1.72. The summed E-state index contributed by atoms with van der Waals surface area (Å²) in [5.41, 5.74) is 9.12. The molecule has 1 heterocycles. The Labute approximate surface area is 166 Å². The van der Waals surface area contributed by atoms with Crippen molar-refractivity contribution < 1.29 is 4.74 Å². The van der Waals surface area contributed by atoms with E-state index < -0.39 is 5.66 Å². The second-order valence-electron chi connectivity index (χ2n) is 9.05. The first-order valence-electron chi connectivity index (χ1n) is 9.53. The van der Waals surface area contributed by atoms with Crippen molar-refractivity contribution in [3.8, 4) is 0 Å². The van der Waals surface area contributed by atoms with Gasteiger partial charge < -0.3 is 10.5 Å². The monoisotopic (exact) mass is 411 g/mol. The van der Waals surface area contributed by atoms with Crippen molar-refractivity contribution >= 4 is 51.0 Å². The van der Waals surface area contributed by atoms with E-state index in [2.05, 4.69) is 57.7 Å². The van der Waals surface area contributed by atoms with Gasteiger partial charge in [0.05, 0.1) is 11.8 Å². The molecule has 2 spiro atoms. The molecule has 1 atom stereocenters. The van der Waals surface area contributed by atoms with Crippen molar-refractivity contribution in [3.63, 3.8) is 0 Å². The fourth-order valence-corrected chi connectivity index (χ4v) is 5.39. The third kappa shape index (κ3) is 2.80. The minimum absolute atomic E-state index is 0.0102. The summed E-state index contributed by atoms with van der Waals surface area (Å²) in [6.45, 7) is 1.98. The van der Waals surface area contributed by atoms with E-state index >= 15 is 0 Å². The Morgan fingerprint density at radius 1 is 1.23 bits per heavy atom. The quantitative estimate of drug-likeness (QED) is 0.718. The molecule has 0 bridgehead atoms. The van der Waals surface area contributed by atoms with Gasteiger partial charge in [0.15, 0.2) is 5.66 Å². The summed E-state index contributed by atoms with van der Waals surface area (Å²) in [7, 11) is 6.41. The van der Waals surface area contributed by atoms with Gasteiger partial charge in [0.2, 0.25) is 0 Å². The molecule has 4 nitrogen and oxygen atoms in total. The van der Waals surface area contributed by atoms with Crippen LogP contribution in [0.25, 0.3) is 0 Å². The number of rotatable bonds is 2. The van der Waals surface area contributed by atoms with E-state index in [9.17, 15) is 0 Å². The average molecular weight is 412 g/mol. The summed E-state index contributed by atoms with van der Waals surface area (Å²) in [5.74, 6) is 0.588. The molecule has 1 fully saturated rings. The standard InChI is InChI=1S/C18H25B3BrN3O/c1-10-15(23)25-17(24-10)14-8-12(22)3-2-11(14)9-16(17)6-4-13(5-7-16)26-18(19,20)21/h2-3,8,13H,4-7,9,19-21H2,1H3,(H2,23,25)/t13-,16-,17?. The number of hydrogen-bond acceptors (Lipinski definition) is 4. The lowest BCUT2D eigenvalue weighted by atomic mass is 9.52. The zero-order valence-electron chi connectivity index (χ0n) is 16.1. The van der Waals surface area contributed by atoms with Gasteiger partial charge in [-0.3, -0.25) is 4.99 Å². The van der Waals surface area contributed by atoms with Gasteiger partial charge in [-0.05, 0) is 62.0 Å². The average Bonchev–Trinajstić information content (AvgIpc) is 2.98. The smallest absolute Gasteiger partial charge is 0.184 e. The van der Waals surface area contributed by atoms with Crippen LogP contribution in [0, 0.1) is 5.41 Å². The maximum Gasteiger partial charge on any atom is 0.184 e. The number of nitrogens with zero attached hydrogens (tertiary/aromatic N) is 2. The van der Waals surface area contributed by atoms with Crippen LogP contribution < -0.4 is 5.73 Å². The number of ether oxygens (including phenoxy) is 1. The minimum atomic E-state index is -0.549. The van der Waals surface area contributed by atoms with Crippen LogP contribution in [-0.4, -0.2) is 46.5 Å². The van der Waals surface area contributed by atoms with Crippen molar-refractivity contribution in [1.29, 1.82) is 0 Å². The van der Waals surface area contributed by atoms with Gasteiger partial charge >= 0.3 is 0 Å². The van der Waals surface area contributed by atoms with Gasteiger partial charge in [-0.15, -0.1) is 0 Å². The van der Waals surface area contributed by atoms with Gasteiger partial charge in [-0.25, -0.2) is 4.99 Å². The van der Waals surface area contributed by atoms with Crippen LogP contribution in [0.15, 0.2) is 32.7 Å². The van der Waals surface area contributed by atoms with Crippen LogP contribution in [0.4, 0.5) is 0 Å². The molecular formula is C18H25B3BrN3O. The lowest BCUT2D eigenvalue weighted by Gasteiger charge is -2.45. The Hall–Kier alpha value is -1.01. The Kier molecular flexibility index (Phi) is 4.24. The zero-order valence-corrected chi connectivity index (χ0v) is 17.7. The van der Waals surface area contributed by atoms with E-state index in [0.29, 0.717) is 11.9 Å². The van der Waals surface area contributed by atoms with Crippen molar-refractivity contribution in [2.45, 2.75) is 56.1 Å². The normalized spacial score (nSPS) is 33.4. The Morgan fingerprint density at radius 3 is 2.50 bits per heavy atom. The summed E-state index contributed by atoms with van der Waals surface area (Å²) >= 11 is 3.63. The Bertz CT molecular complexity index is 792. The molecule has 0 saturated heterocycles. The van der Waals surface area contributed by atoms with E-state index in [-0.39, 0.29) is 10.7 Å². The number of halogens is 1. The van der Waals surface area contributed by atoms with Gasteiger partial charge in [0.1, 0.15) is 29.4 Å². The Morgan fingerprint density at radius 2 is 1.92 bits per heavy atom. The van der Waals surface area contributed by atoms with Crippen LogP contribution in [-0.2, 0) is 16.8 Å². The lowest BCUT2D eigenvalue weighted by Crippen LogP contribution is -2.46. The molecule has 2 aliphatic carbocycles. The summed E-state index contributed by atoms with van der Waals surface area (Å²) in [5, 5.41) is -0.0962. The van der Waals surface area contributed by atoms with Crippen molar-refractivity contribution in [3.05, 3.63) is 33.8 Å². The third-order valence-corrected chi connectivity index (χ3v) is 6.60. The number of amidine groups is 1. The summed E-state index contributed by atoms with van der Waals surface area (Å²) < 4.78 is 7.34. The maximum atomic E-state index is 6.27. The lowest BCUT2D eigenvalue weighted by molar-refractivity contribution is -0.0271. The van der Waals surface area contributed by atoms with E-state index in [4.69, 9.17) is 20.5 Å². The fraction of sp³-hybridized carbons (Fsp3) is 0.556. The van der Waals surface area contributed by atoms with E-state index in [1.54, 1.807) is 0 Å². The highest BCUT2D eigenvalue weighted by molar-refractivity contribution is 9.10. The highest BCUT2D eigenvalue weighted by Gasteiger charge is 2.60. The molecule has 2 N–H and O–H groups in total. The molecule has 1 unspecified atom stereocenters. The van der Waals surface area contributed by atoms with Gasteiger partial charge in [-0.2, -0.15) is 0 Å². The molecule has 0 radical (unpaired) electrons. The third-order valence-electron chi connectivity index (χ3n) is 6.11. The first kappa shape index (κ1) is 18.4. The summed E-state index contributed by atoms with van der Waals surface area (Å²) in [4.78, 5) is 10.1. The number of benzene rings is 1. The molecule has 4 rings (SSSR count). The number of hydrogen-bond donors (Lipinski definition) is 1. The van der Waals surface area contributed by atoms with E-state index in [1.807, 2.05) is 6.92 Å². The van der Waals surface area contributed by atoms with Crippen LogP contribution in [0.2, 0.25) is 0 Å². The molecular weight excluding hydrogens is 387 g/mol. The molecule has 1 aromatic carbocycles. The largest absolute Gasteiger partial charge is 0.398 e. The molecule has 0 aromatic heterocycles. The van der Waals surface area contributed by atoms with E-state index in [1.165, 1.54) is 11.1 Å². The molecule has 3 aliphatic rings. The number of nitrogens with two attached hydrogens (primary N) is 1. The van der Waals surface area contributed by atoms with Crippen molar-refractivity contribution in [1.82, 2.24) is 0 Å². The molecule has 1 aliphatic heterocycles. The highest BCUT2D eigenvalue weighted by atomic mass is 79.9. The highest BCUT2D eigenvalue weighted by Crippen LogP contribution is 2.62. The second-order valence-corrected chi connectivity index (χ2v) is 9.97. The molecule has 8 heteroatoms. The first-order valence-corrected chi connectivity index (χ1v) is 10.3. The molecule has 1 saturated carbocycles.